The van der Waals surface area contributed by atoms with Crippen molar-refractivity contribution >= 4 is 11.8 Å². The molecule has 8 nitrogen and oxygen atoms in total. The predicted molar refractivity (Wildman–Crippen MR) is 104 cm³/mol. The van der Waals surface area contributed by atoms with Gasteiger partial charge in [0.1, 0.15) is 11.6 Å². The van der Waals surface area contributed by atoms with Crippen molar-refractivity contribution in [3.8, 4) is 5.69 Å². The molecule has 0 saturated heterocycles. The average molecular weight is 367 g/mol. The van der Waals surface area contributed by atoms with Crippen LogP contribution in [0.3, 0.4) is 0 Å². The summed E-state index contributed by atoms with van der Waals surface area (Å²) in [6.45, 7) is 9.90. The van der Waals surface area contributed by atoms with E-state index in [0.717, 1.165) is 11.4 Å². The molecule has 0 radical (unpaired) electrons. The topological polar surface area (TPSA) is 101 Å². The lowest BCUT2D eigenvalue weighted by molar-refractivity contribution is 0.249. The lowest BCUT2D eigenvalue weighted by Crippen LogP contribution is -2.32. The van der Waals surface area contributed by atoms with Crippen LogP contribution < -0.4 is 10.6 Å². The maximum atomic E-state index is 12.5. The molecule has 2 heterocycles. The van der Waals surface area contributed by atoms with E-state index in [9.17, 15) is 4.79 Å². The Bertz CT molecular complexity index is 921. The van der Waals surface area contributed by atoms with Crippen molar-refractivity contribution < 1.29 is 4.79 Å². The Hall–Kier alpha value is -3.16. The first-order chi connectivity index (χ1) is 12.7. The Labute approximate surface area is 158 Å². The summed E-state index contributed by atoms with van der Waals surface area (Å²) in [6.07, 6.45) is 0. The second-order valence-electron chi connectivity index (χ2n) is 7.51. The minimum absolute atomic E-state index is 0.142. The summed E-state index contributed by atoms with van der Waals surface area (Å²) in [5.74, 6) is 1.84. The van der Waals surface area contributed by atoms with Crippen molar-refractivity contribution in [1.82, 2.24) is 30.3 Å². The van der Waals surface area contributed by atoms with Crippen LogP contribution in [0.5, 0.6) is 0 Å². The molecule has 0 spiro atoms. The van der Waals surface area contributed by atoms with Gasteiger partial charge in [-0.05, 0) is 26.0 Å². The fraction of sp³-hybridized carbons (Fsp3) is 0.368. The number of carbonyl (C=O) groups is 1. The minimum atomic E-state index is -0.345. The molecule has 27 heavy (non-hydrogen) atoms. The number of carbonyl (C=O) groups excluding carboxylic acids is 1. The number of aromatic amines is 1. The number of urea groups is 1. The monoisotopic (exact) mass is 367 g/mol. The Balaban J connectivity index is 1.82. The first-order valence-corrected chi connectivity index (χ1v) is 8.86. The van der Waals surface area contributed by atoms with Gasteiger partial charge in [0, 0.05) is 11.5 Å². The number of amides is 2. The van der Waals surface area contributed by atoms with Crippen LogP contribution in [0.2, 0.25) is 0 Å². The molecule has 2 aromatic heterocycles. The lowest BCUT2D eigenvalue weighted by atomic mass is 9.92. The maximum absolute atomic E-state index is 12.5. The second-order valence-corrected chi connectivity index (χ2v) is 7.51. The number of H-pyrrole nitrogens is 1. The fourth-order valence-corrected chi connectivity index (χ4v) is 2.57. The molecule has 3 rings (SSSR count). The molecular formula is C19H25N7O. The normalized spacial score (nSPS) is 12.6. The molecule has 2 amide bonds. The van der Waals surface area contributed by atoms with Gasteiger partial charge in [-0.1, -0.05) is 39.0 Å². The van der Waals surface area contributed by atoms with Gasteiger partial charge in [0.25, 0.3) is 0 Å². The van der Waals surface area contributed by atoms with E-state index in [1.807, 2.05) is 50.2 Å². The van der Waals surface area contributed by atoms with Crippen molar-refractivity contribution in [3.05, 3.63) is 53.7 Å². The molecular weight excluding hydrogens is 342 g/mol. The van der Waals surface area contributed by atoms with Crippen molar-refractivity contribution in [1.29, 1.82) is 0 Å². The lowest BCUT2D eigenvalue weighted by Gasteiger charge is -2.14. The van der Waals surface area contributed by atoms with Crippen molar-refractivity contribution in [3.63, 3.8) is 0 Å². The number of anilines is 1. The molecule has 1 atom stereocenters. The summed E-state index contributed by atoms with van der Waals surface area (Å²) >= 11 is 0. The Morgan fingerprint density at radius 2 is 1.93 bits per heavy atom. The third-order valence-electron chi connectivity index (χ3n) is 4.07. The third-order valence-corrected chi connectivity index (χ3v) is 4.07. The molecule has 0 aliphatic rings. The largest absolute Gasteiger partial charge is 0.328 e. The molecule has 142 valence electrons. The zero-order valence-corrected chi connectivity index (χ0v) is 16.2. The van der Waals surface area contributed by atoms with Crippen LogP contribution in [0.4, 0.5) is 10.6 Å². The highest BCUT2D eigenvalue weighted by atomic mass is 16.2. The molecule has 0 saturated carbocycles. The molecule has 3 aromatic rings. The zero-order chi connectivity index (χ0) is 19.6. The van der Waals surface area contributed by atoms with E-state index in [1.54, 1.807) is 4.68 Å². The van der Waals surface area contributed by atoms with Crippen LogP contribution in [0.15, 0.2) is 36.4 Å². The van der Waals surface area contributed by atoms with Crippen LogP contribution in [-0.4, -0.2) is 31.0 Å². The van der Waals surface area contributed by atoms with E-state index in [0.29, 0.717) is 17.5 Å². The number of rotatable bonds is 4. The summed E-state index contributed by atoms with van der Waals surface area (Å²) in [5, 5.41) is 17.3. The van der Waals surface area contributed by atoms with Gasteiger partial charge in [0.05, 0.1) is 17.4 Å². The Kier molecular flexibility index (Phi) is 4.98. The van der Waals surface area contributed by atoms with Crippen molar-refractivity contribution in [2.45, 2.75) is 46.1 Å². The quantitative estimate of drug-likeness (QED) is 0.657. The number of nitrogens with zero attached hydrogens (tertiary/aromatic N) is 4. The van der Waals surface area contributed by atoms with Gasteiger partial charge in [0.2, 0.25) is 0 Å². The molecule has 0 aliphatic heterocycles. The van der Waals surface area contributed by atoms with E-state index in [1.165, 1.54) is 0 Å². The van der Waals surface area contributed by atoms with Gasteiger partial charge in [-0.3, -0.25) is 10.4 Å². The van der Waals surface area contributed by atoms with Gasteiger partial charge in [-0.25, -0.2) is 14.5 Å². The number of para-hydroxylation sites is 1. The number of aromatic nitrogens is 5. The van der Waals surface area contributed by atoms with Crippen molar-refractivity contribution in [2.75, 3.05) is 5.32 Å². The average Bonchev–Trinajstić information content (AvgIpc) is 3.22. The number of benzene rings is 1. The maximum Gasteiger partial charge on any atom is 0.320 e. The summed E-state index contributed by atoms with van der Waals surface area (Å²) < 4.78 is 1.74. The van der Waals surface area contributed by atoms with E-state index in [2.05, 4.69) is 51.7 Å². The highest BCUT2D eigenvalue weighted by Gasteiger charge is 2.22. The molecule has 0 bridgehead atoms. The van der Waals surface area contributed by atoms with E-state index >= 15 is 0 Å². The first kappa shape index (κ1) is 18.6. The second kappa shape index (κ2) is 7.22. The summed E-state index contributed by atoms with van der Waals surface area (Å²) in [7, 11) is 0. The molecule has 1 aromatic carbocycles. The number of nitrogens with one attached hydrogen (secondary N) is 3. The van der Waals surface area contributed by atoms with Gasteiger partial charge in [-0.15, -0.1) is 0 Å². The third kappa shape index (κ3) is 4.33. The number of hydrogen-bond acceptors (Lipinski definition) is 4. The van der Waals surface area contributed by atoms with Gasteiger partial charge >= 0.3 is 6.03 Å². The van der Waals surface area contributed by atoms with Crippen LogP contribution in [0.25, 0.3) is 5.69 Å². The fourth-order valence-electron chi connectivity index (χ4n) is 2.57. The number of aryl methyl sites for hydroxylation is 1. The van der Waals surface area contributed by atoms with Gasteiger partial charge < -0.3 is 5.32 Å². The predicted octanol–water partition coefficient (Wildman–Crippen LogP) is 3.48. The van der Waals surface area contributed by atoms with E-state index < -0.39 is 0 Å². The Morgan fingerprint density at radius 3 is 2.52 bits per heavy atom. The molecule has 3 N–H and O–H groups in total. The summed E-state index contributed by atoms with van der Waals surface area (Å²) in [5.41, 5.74) is 1.62. The standard InChI is InChI=1S/C19H25N7O/c1-12(17-21-13(2)23-24-17)20-18(27)22-16-11-15(19(3,4)5)25-26(16)14-9-7-6-8-10-14/h6-12H,1-5H3,(H2,20,22,27)(H,21,23,24)/t12-/m0/s1. The minimum Gasteiger partial charge on any atom is -0.328 e. The first-order valence-electron chi connectivity index (χ1n) is 8.86. The Morgan fingerprint density at radius 1 is 1.22 bits per heavy atom. The molecule has 0 aliphatic carbocycles. The summed E-state index contributed by atoms with van der Waals surface area (Å²) in [6, 6.07) is 10.9. The SMILES string of the molecule is Cc1nc([C@H](C)NC(=O)Nc2cc(C(C)(C)C)nn2-c2ccccc2)n[nH]1. The zero-order valence-electron chi connectivity index (χ0n) is 16.2. The summed E-state index contributed by atoms with van der Waals surface area (Å²) in [4.78, 5) is 16.8. The molecule has 0 unspecified atom stereocenters. The van der Waals surface area contributed by atoms with Crippen molar-refractivity contribution in [2.24, 2.45) is 0 Å². The van der Waals surface area contributed by atoms with Gasteiger partial charge in [0.15, 0.2) is 5.82 Å². The van der Waals surface area contributed by atoms with Gasteiger partial charge in [-0.2, -0.15) is 10.2 Å². The van der Waals surface area contributed by atoms with E-state index in [-0.39, 0.29) is 17.5 Å². The smallest absolute Gasteiger partial charge is 0.320 e. The highest BCUT2D eigenvalue weighted by Crippen LogP contribution is 2.26. The molecule has 0 fully saturated rings. The number of hydrogen-bond donors (Lipinski definition) is 3. The van der Waals surface area contributed by atoms with E-state index in [4.69, 9.17) is 0 Å². The van der Waals surface area contributed by atoms with Crippen LogP contribution >= 0.6 is 0 Å². The van der Waals surface area contributed by atoms with Crippen LogP contribution in [0.1, 0.15) is 51.1 Å². The highest BCUT2D eigenvalue weighted by molar-refractivity contribution is 5.89. The van der Waals surface area contributed by atoms with Crippen LogP contribution in [0, 0.1) is 6.92 Å². The van der Waals surface area contributed by atoms with Crippen LogP contribution in [-0.2, 0) is 5.41 Å². The molecule has 8 heteroatoms.